The molecule has 1 aromatic carbocycles. The Kier molecular flexibility index (Phi) is 7.00. The average Bonchev–Trinajstić information content (AvgIpc) is 2.61. The number of nitrogens with one attached hydrogen (secondary N) is 3. The van der Waals surface area contributed by atoms with Crippen molar-refractivity contribution in [3.63, 3.8) is 0 Å². The van der Waals surface area contributed by atoms with Gasteiger partial charge in [-0.05, 0) is 50.6 Å². The van der Waals surface area contributed by atoms with Crippen molar-refractivity contribution in [1.82, 2.24) is 10.3 Å². The summed E-state index contributed by atoms with van der Waals surface area (Å²) in [5, 5.41) is 16.1. The highest BCUT2D eigenvalue weighted by atomic mass is 35.5. The molecule has 2 rings (SSSR count). The highest BCUT2D eigenvalue weighted by molar-refractivity contribution is 6.29. The third-order valence-electron chi connectivity index (χ3n) is 3.39. The van der Waals surface area contributed by atoms with E-state index in [0.717, 1.165) is 0 Å². The van der Waals surface area contributed by atoms with Gasteiger partial charge in [0.15, 0.2) is 5.82 Å². The molecule has 0 saturated carbocycles. The minimum atomic E-state index is -1.14. The van der Waals surface area contributed by atoms with Crippen LogP contribution in [0.2, 0.25) is 5.15 Å². The maximum absolute atomic E-state index is 12.5. The molecule has 0 aliphatic heterocycles. The van der Waals surface area contributed by atoms with E-state index in [9.17, 15) is 14.4 Å². The number of halogens is 1. The molecule has 1 aromatic heterocycles. The molecule has 0 bridgehead atoms. The topological polar surface area (TPSA) is 130 Å². The quantitative estimate of drug-likeness (QED) is 0.539. The molecule has 154 valence electrons. The average molecular weight is 421 g/mol. The van der Waals surface area contributed by atoms with Gasteiger partial charge in [0.1, 0.15) is 10.8 Å². The fraction of sp³-hybridized carbons (Fsp3) is 0.263. The number of pyridine rings is 1. The molecule has 2 aromatic rings. The second-order valence-corrected chi connectivity index (χ2v) is 7.35. The van der Waals surface area contributed by atoms with Crippen LogP contribution in [0, 0.1) is 0 Å². The van der Waals surface area contributed by atoms with Crippen molar-refractivity contribution in [2.24, 2.45) is 0 Å². The zero-order valence-electron chi connectivity index (χ0n) is 16.1. The summed E-state index contributed by atoms with van der Waals surface area (Å²) in [5.41, 5.74) is 0.537. The van der Waals surface area contributed by atoms with Gasteiger partial charge in [0.05, 0.1) is 5.69 Å². The SMILES string of the molecule is CC(C)(C)OC(=O)Nc1ccc(Cl)nc1NC(=O)c1ccc(CNC(=O)O)cc1. The lowest BCUT2D eigenvalue weighted by Crippen LogP contribution is -2.27. The lowest BCUT2D eigenvalue weighted by molar-refractivity contribution is 0.0635. The molecule has 0 spiro atoms. The van der Waals surface area contributed by atoms with E-state index in [2.05, 4.69) is 20.9 Å². The maximum Gasteiger partial charge on any atom is 0.412 e. The summed E-state index contributed by atoms with van der Waals surface area (Å²) in [5.74, 6) is -0.422. The van der Waals surface area contributed by atoms with Gasteiger partial charge in [0.25, 0.3) is 5.91 Å². The molecule has 0 aliphatic rings. The molecule has 0 aliphatic carbocycles. The normalized spacial score (nSPS) is 10.8. The minimum absolute atomic E-state index is 0.0602. The highest BCUT2D eigenvalue weighted by Crippen LogP contribution is 2.23. The lowest BCUT2D eigenvalue weighted by Gasteiger charge is -2.20. The minimum Gasteiger partial charge on any atom is -0.465 e. The second-order valence-electron chi connectivity index (χ2n) is 6.97. The first kappa shape index (κ1) is 22.0. The molecule has 0 fully saturated rings. The molecule has 0 atom stereocenters. The van der Waals surface area contributed by atoms with Crippen molar-refractivity contribution in [3.05, 3.63) is 52.7 Å². The largest absolute Gasteiger partial charge is 0.465 e. The summed E-state index contributed by atoms with van der Waals surface area (Å²) in [6, 6.07) is 9.29. The Labute approximate surface area is 172 Å². The Morgan fingerprint density at radius 1 is 1.07 bits per heavy atom. The van der Waals surface area contributed by atoms with Gasteiger partial charge in [0.2, 0.25) is 0 Å². The summed E-state index contributed by atoms with van der Waals surface area (Å²) in [6.07, 6.45) is -1.84. The van der Waals surface area contributed by atoms with Crippen molar-refractivity contribution < 1.29 is 24.2 Å². The van der Waals surface area contributed by atoms with Crippen LogP contribution in [-0.4, -0.2) is 33.8 Å². The van der Waals surface area contributed by atoms with E-state index >= 15 is 0 Å². The van der Waals surface area contributed by atoms with E-state index in [-0.39, 0.29) is 23.2 Å². The van der Waals surface area contributed by atoms with Crippen LogP contribution in [0.5, 0.6) is 0 Å². The zero-order valence-corrected chi connectivity index (χ0v) is 16.8. The molecule has 9 nitrogen and oxygen atoms in total. The Morgan fingerprint density at radius 3 is 2.31 bits per heavy atom. The third-order valence-corrected chi connectivity index (χ3v) is 3.60. The van der Waals surface area contributed by atoms with Gasteiger partial charge in [-0.2, -0.15) is 0 Å². The first-order valence-electron chi connectivity index (χ1n) is 8.57. The first-order chi connectivity index (χ1) is 13.5. The van der Waals surface area contributed by atoms with Gasteiger partial charge < -0.3 is 20.5 Å². The van der Waals surface area contributed by atoms with Gasteiger partial charge in [-0.3, -0.25) is 10.1 Å². The number of benzene rings is 1. The molecule has 29 heavy (non-hydrogen) atoms. The fourth-order valence-electron chi connectivity index (χ4n) is 2.18. The van der Waals surface area contributed by atoms with Crippen LogP contribution >= 0.6 is 11.6 Å². The van der Waals surface area contributed by atoms with Gasteiger partial charge in [-0.25, -0.2) is 14.6 Å². The van der Waals surface area contributed by atoms with Crippen LogP contribution < -0.4 is 16.0 Å². The van der Waals surface area contributed by atoms with Crippen molar-refractivity contribution in [2.75, 3.05) is 10.6 Å². The molecular formula is C19H21ClN4O5. The molecule has 0 unspecified atom stereocenters. The maximum atomic E-state index is 12.5. The van der Waals surface area contributed by atoms with Gasteiger partial charge >= 0.3 is 12.2 Å². The fourth-order valence-corrected chi connectivity index (χ4v) is 2.32. The van der Waals surface area contributed by atoms with E-state index in [4.69, 9.17) is 21.4 Å². The molecule has 4 N–H and O–H groups in total. The number of carbonyl (C=O) groups is 3. The Morgan fingerprint density at radius 2 is 1.72 bits per heavy atom. The lowest BCUT2D eigenvalue weighted by atomic mass is 10.1. The zero-order chi connectivity index (χ0) is 21.6. The standard InChI is InChI=1S/C19H21ClN4O5/c1-19(2,3)29-18(28)22-13-8-9-14(20)23-15(13)24-16(25)12-6-4-11(5-7-12)10-21-17(26)27/h4-9,21H,10H2,1-3H3,(H,22,28)(H,26,27)(H,23,24,25). The van der Waals surface area contributed by atoms with Crippen LogP contribution in [0.4, 0.5) is 21.1 Å². The van der Waals surface area contributed by atoms with Crippen molar-refractivity contribution >= 4 is 41.2 Å². The van der Waals surface area contributed by atoms with Crippen LogP contribution in [0.25, 0.3) is 0 Å². The van der Waals surface area contributed by atoms with Gasteiger partial charge in [-0.15, -0.1) is 0 Å². The molecule has 10 heteroatoms. The highest BCUT2D eigenvalue weighted by Gasteiger charge is 2.19. The van der Waals surface area contributed by atoms with Crippen LogP contribution in [-0.2, 0) is 11.3 Å². The molecule has 0 saturated heterocycles. The number of nitrogens with zero attached hydrogens (tertiary/aromatic N) is 1. The first-order valence-corrected chi connectivity index (χ1v) is 8.95. The number of amides is 3. The number of hydrogen-bond donors (Lipinski definition) is 4. The number of anilines is 2. The van der Waals surface area contributed by atoms with E-state index in [1.54, 1.807) is 45.0 Å². The van der Waals surface area contributed by atoms with Gasteiger partial charge in [0, 0.05) is 12.1 Å². The number of aromatic nitrogens is 1. The third kappa shape index (κ3) is 7.30. The predicted molar refractivity (Wildman–Crippen MR) is 108 cm³/mol. The van der Waals surface area contributed by atoms with Crippen molar-refractivity contribution in [2.45, 2.75) is 32.9 Å². The second kappa shape index (κ2) is 9.24. The Balaban J connectivity index is 2.12. The number of carboxylic acid groups (broad SMARTS) is 1. The van der Waals surface area contributed by atoms with E-state index in [1.165, 1.54) is 12.1 Å². The monoisotopic (exact) mass is 420 g/mol. The Bertz CT molecular complexity index is 910. The van der Waals surface area contributed by atoms with Crippen LogP contribution in [0.3, 0.4) is 0 Å². The molecule has 3 amide bonds. The van der Waals surface area contributed by atoms with E-state index in [0.29, 0.717) is 11.1 Å². The van der Waals surface area contributed by atoms with Crippen LogP contribution in [0.15, 0.2) is 36.4 Å². The smallest absolute Gasteiger partial charge is 0.412 e. The number of ether oxygens (including phenoxy) is 1. The Hall–Kier alpha value is -3.33. The number of rotatable bonds is 5. The van der Waals surface area contributed by atoms with E-state index in [1.807, 2.05) is 0 Å². The summed E-state index contributed by atoms with van der Waals surface area (Å²) >= 11 is 5.91. The predicted octanol–water partition coefficient (Wildman–Crippen LogP) is 4.10. The molecule has 1 heterocycles. The van der Waals surface area contributed by atoms with Crippen molar-refractivity contribution in [1.29, 1.82) is 0 Å². The summed E-state index contributed by atoms with van der Waals surface area (Å²) in [7, 11) is 0. The number of hydrogen-bond acceptors (Lipinski definition) is 5. The summed E-state index contributed by atoms with van der Waals surface area (Å²) in [6.45, 7) is 5.30. The number of carbonyl (C=O) groups excluding carboxylic acids is 2. The van der Waals surface area contributed by atoms with Crippen LogP contribution in [0.1, 0.15) is 36.7 Å². The van der Waals surface area contributed by atoms with Crippen molar-refractivity contribution in [3.8, 4) is 0 Å². The molecule has 0 radical (unpaired) electrons. The van der Waals surface area contributed by atoms with Gasteiger partial charge in [-0.1, -0.05) is 23.7 Å². The van der Waals surface area contributed by atoms with E-state index < -0.39 is 23.7 Å². The molecular weight excluding hydrogens is 400 g/mol. The summed E-state index contributed by atoms with van der Waals surface area (Å²) in [4.78, 5) is 39.1. The summed E-state index contributed by atoms with van der Waals surface area (Å²) < 4.78 is 5.20.